The first-order valence-corrected chi connectivity index (χ1v) is 0.894. The second-order valence-corrected chi connectivity index (χ2v) is 0.300. The lowest BCUT2D eigenvalue weighted by Crippen LogP contribution is -0.961. The lowest BCUT2D eigenvalue weighted by atomic mass is 11.8. The molecule has 6 nitrogen and oxygen atoms in total. The smallest absolute Gasteiger partial charge is 0.130 e. The average Bonchev–Trinajstić information content (AvgIpc) is 0.918. The zero-order valence-electron chi connectivity index (χ0n) is 3.89. The first-order valence-electron chi connectivity index (χ1n) is 0.447. The van der Waals surface area contributed by atoms with Crippen LogP contribution in [0.3, 0.4) is 0 Å². The van der Waals surface area contributed by atoms with Crippen molar-refractivity contribution in [3.05, 3.63) is 0 Å². The maximum atomic E-state index is 7.18. The van der Waals surface area contributed by atoms with E-state index in [9.17, 15) is 0 Å². The van der Waals surface area contributed by atoms with Crippen LogP contribution in [0.5, 0.6) is 0 Å². The summed E-state index contributed by atoms with van der Waals surface area (Å²) in [5.41, 5.74) is 0. The molecule has 0 amide bonds. The average molecular weight is 149 g/mol. The fourth-order valence-corrected chi connectivity index (χ4v) is 0. The van der Waals surface area contributed by atoms with Crippen molar-refractivity contribution in [3.8, 4) is 5.40 Å². The maximum absolute atomic E-state index is 7.18. The van der Waals surface area contributed by atoms with Gasteiger partial charge in [-0.05, 0) is 0 Å². The Bertz CT molecular complexity index is 33.9. The SMILES string of the molecule is N#CS.O.O.O.O.O. The van der Waals surface area contributed by atoms with Crippen LogP contribution in [-0.2, 0) is 0 Å². The third-order valence-electron chi connectivity index (χ3n) is 0. The summed E-state index contributed by atoms with van der Waals surface area (Å²) in [4.78, 5) is 0. The van der Waals surface area contributed by atoms with Crippen molar-refractivity contribution in [2.75, 3.05) is 0 Å². The number of nitrogens with zero attached hydrogens (tertiary/aromatic N) is 1. The van der Waals surface area contributed by atoms with Crippen LogP contribution in [0, 0.1) is 10.7 Å². The molecule has 0 aliphatic rings. The summed E-state index contributed by atoms with van der Waals surface area (Å²) in [5, 5.41) is 8.63. The topological polar surface area (TPSA) is 181 Å². The standard InChI is InChI=1S/CHNS.5H2O/c2-1-3;;;;;/h3H;5*1H2. The van der Waals surface area contributed by atoms with Crippen LogP contribution in [0.25, 0.3) is 0 Å². The molecular weight excluding hydrogens is 138 g/mol. The van der Waals surface area contributed by atoms with E-state index in [1.165, 1.54) is 5.40 Å². The molecule has 7 heteroatoms. The quantitative estimate of drug-likeness (QED) is 0.270. The molecule has 0 unspecified atom stereocenters. The Morgan fingerprint density at radius 2 is 0.875 bits per heavy atom. The van der Waals surface area contributed by atoms with Crippen LogP contribution in [-0.4, -0.2) is 27.4 Å². The summed E-state index contributed by atoms with van der Waals surface area (Å²) >= 11 is 3.09. The highest BCUT2D eigenvalue weighted by Crippen LogP contribution is 1.46. The molecule has 0 rings (SSSR count). The Labute approximate surface area is 51.7 Å². The van der Waals surface area contributed by atoms with Crippen molar-refractivity contribution in [1.82, 2.24) is 0 Å². The third-order valence-corrected chi connectivity index (χ3v) is 0. The van der Waals surface area contributed by atoms with E-state index in [4.69, 9.17) is 5.26 Å². The van der Waals surface area contributed by atoms with Crippen LogP contribution >= 0.6 is 12.6 Å². The van der Waals surface area contributed by atoms with Gasteiger partial charge in [0.25, 0.3) is 0 Å². The summed E-state index contributed by atoms with van der Waals surface area (Å²) in [5.74, 6) is 0. The van der Waals surface area contributed by atoms with E-state index < -0.39 is 0 Å². The molecule has 0 heterocycles. The first kappa shape index (κ1) is 125. The molecule has 0 aromatic carbocycles. The van der Waals surface area contributed by atoms with Crippen molar-refractivity contribution in [1.29, 1.82) is 5.26 Å². The molecule has 0 aromatic rings. The minimum Gasteiger partial charge on any atom is -0.412 e. The molecule has 0 saturated heterocycles. The van der Waals surface area contributed by atoms with Gasteiger partial charge < -0.3 is 27.4 Å². The molecule has 0 aliphatic heterocycles. The Morgan fingerprint density at radius 1 is 0.875 bits per heavy atom. The van der Waals surface area contributed by atoms with E-state index in [-0.39, 0.29) is 27.4 Å². The Kier molecular flexibility index (Phi) is 8070. The molecule has 0 saturated carbocycles. The molecule has 0 bridgehead atoms. The Hall–Kier alpha value is -0.360. The van der Waals surface area contributed by atoms with E-state index in [1.807, 2.05) is 0 Å². The highest BCUT2D eigenvalue weighted by atomic mass is 32.1. The molecular formula is CH11NO5S. The zero-order valence-corrected chi connectivity index (χ0v) is 4.79. The van der Waals surface area contributed by atoms with Gasteiger partial charge >= 0.3 is 0 Å². The van der Waals surface area contributed by atoms with Gasteiger partial charge in [-0.3, -0.25) is 0 Å². The molecule has 0 aliphatic carbocycles. The Morgan fingerprint density at radius 3 is 0.875 bits per heavy atom. The van der Waals surface area contributed by atoms with Crippen molar-refractivity contribution < 1.29 is 27.4 Å². The Balaban J connectivity index is -0.00000000200. The number of rotatable bonds is 0. The third kappa shape index (κ3) is 937. The lowest BCUT2D eigenvalue weighted by molar-refractivity contribution is 0.823. The molecule has 8 heavy (non-hydrogen) atoms. The monoisotopic (exact) mass is 149 g/mol. The number of hydrogen-bond donors (Lipinski definition) is 1. The summed E-state index contributed by atoms with van der Waals surface area (Å²) < 4.78 is 0. The predicted molar refractivity (Wildman–Crippen MR) is 32.7 cm³/mol. The lowest BCUT2D eigenvalue weighted by Gasteiger charge is -1.14. The highest BCUT2D eigenvalue weighted by molar-refractivity contribution is 7.85. The summed E-state index contributed by atoms with van der Waals surface area (Å²) in [6.45, 7) is 0. The number of thiocyanates is 1. The first-order chi connectivity index (χ1) is 1.41. The van der Waals surface area contributed by atoms with Gasteiger partial charge in [-0.2, -0.15) is 5.26 Å². The van der Waals surface area contributed by atoms with E-state index >= 15 is 0 Å². The normalized spacial score (nSPS) is 1.00. The number of thiol groups is 1. The van der Waals surface area contributed by atoms with Gasteiger partial charge in [0.15, 0.2) is 0 Å². The fraction of sp³-hybridized carbons (Fsp3) is 0. The molecule has 0 fully saturated rings. The van der Waals surface area contributed by atoms with Crippen LogP contribution in [0.1, 0.15) is 0 Å². The van der Waals surface area contributed by atoms with Crippen LogP contribution in [0.4, 0.5) is 0 Å². The number of hydrogen-bond acceptors (Lipinski definition) is 2. The number of nitriles is 1. The molecule has 0 spiro atoms. The van der Waals surface area contributed by atoms with Gasteiger partial charge in [-0.1, -0.05) is 12.6 Å². The minimum absolute atomic E-state index is 0. The van der Waals surface area contributed by atoms with Gasteiger partial charge in [0.05, 0.1) is 0 Å². The largest absolute Gasteiger partial charge is 0.412 e. The molecule has 0 atom stereocenters. The van der Waals surface area contributed by atoms with Crippen LogP contribution < -0.4 is 0 Å². The summed E-state index contributed by atoms with van der Waals surface area (Å²) in [6, 6.07) is 0. The van der Waals surface area contributed by atoms with Crippen LogP contribution in [0.2, 0.25) is 0 Å². The second kappa shape index (κ2) is 516. The minimum atomic E-state index is 0. The summed E-state index contributed by atoms with van der Waals surface area (Å²) in [6.07, 6.45) is 0. The fourth-order valence-electron chi connectivity index (χ4n) is 0. The summed E-state index contributed by atoms with van der Waals surface area (Å²) in [7, 11) is 0. The van der Waals surface area contributed by atoms with E-state index in [0.717, 1.165) is 0 Å². The zero-order chi connectivity index (χ0) is 2.71. The van der Waals surface area contributed by atoms with E-state index in [0.29, 0.717) is 0 Å². The highest BCUT2D eigenvalue weighted by Gasteiger charge is 1.18. The predicted octanol–water partition coefficient (Wildman–Crippen LogP) is -3.73. The molecule has 56 valence electrons. The molecule has 0 aromatic heterocycles. The second-order valence-electron chi connectivity index (χ2n) is 0.100. The maximum Gasteiger partial charge on any atom is 0.130 e. The van der Waals surface area contributed by atoms with Gasteiger partial charge in [-0.25, -0.2) is 0 Å². The van der Waals surface area contributed by atoms with Gasteiger partial charge in [0.2, 0.25) is 0 Å². The van der Waals surface area contributed by atoms with Crippen molar-refractivity contribution >= 4 is 12.6 Å². The van der Waals surface area contributed by atoms with E-state index in [1.54, 1.807) is 0 Å². The van der Waals surface area contributed by atoms with Crippen molar-refractivity contribution in [2.45, 2.75) is 0 Å². The van der Waals surface area contributed by atoms with Gasteiger partial charge in [-0.15, -0.1) is 0 Å². The van der Waals surface area contributed by atoms with Gasteiger partial charge in [0.1, 0.15) is 5.40 Å². The van der Waals surface area contributed by atoms with E-state index in [2.05, 4.69) is 12.6 Å². The van der Waals surface area contributed by atoms with Gasteiger partial charge in [0, 0.05) is 0 Å². The van der Waals surface area contributed by atoms with Crippen LogP contribution in [0.15, 0.2) is 0 Å². The van der Waals surface area contributed by atoms with Crippen molar-refractivity contribution in [3.63, 3.8) is 0 Å². The molecule has 0 radical (unpaired) electrons. The molecule has 10 N–H and O–H groups in total. The van der Waals surface area contributed by atoms with Crippen molar-refractivity contribution in [2.24, 2.45) is 0 Å².